The third-order valence-electron chi connectivity index (χ3n) is 4.49. The van der Waals surface area contributed by atoms with Crippen molar-refractivity contribution in [2.24, 2.45) is 0 Å². The number of aryl methyl sites for hydroxylation is 2. The van der Waals surface area contributed by atoms with Crippen LogP contribution < -0.4 is 5.32 Å². The van der Waals surface area contributed by atoms with Crippen LogP contribution in [0.1, 0.15) is 17.5 Å². The van der Waals surface area contributed by atoms with Gasteiger partial charge in [0.25, 0.3) is 0 Å². The van der Waals surface area contributed by atoms with E-state index in [1.165, 1.54) is 10.3 Å². The molecule has 3 nitrogen and oxygen atoms in total. The number of fused-ring (bicyclic) bond motifs is 1. The van der Waals surface area contributed by atoms with Crippen LogP contribution in [0.15, 0.2) is 66.7 Å². The van der Waals surface area contributed by atoms with Crippen molar-refractivity contribution in [2.45, 2.75) is 19.8 Å². The van der Waals surface area contributed by atoms with Gasteiger partial charge < -0.3 is 5.32 Å². The van der Waals surface area contributed by atoms with Gasteiger partial charge in [0.15, 0.2) is 0 Å². The lowest BCUT2D eigenvalue weighted by Crippen LogP contribution is -2.12. The molecule has 1 N–H and O–H groups in total. The molecule has 0 aliphatic carbocycles. The Labute approximate surface area is 173 Å². The Morgan fingerprint density at radius 3 is 2.68 bits per heavy atom. The van der Waals surface area contributed by atoms with Crippen LogP contribution in [0.25, 0.3) is 20.8 Å². The van der Waals surface area contributed by atoms with Crippen LogP contribution in [-0.4, -0.2) is 10.9 Å². The smallest absolute Gasteiger partial charge is 0.224 e. The van der Waals surface area contributed by atoms with Gasteiger partial charge in [0.05, 0.1) is 10.2 Å². The van der Waals surface area contributed by atoms with E-state index in [1.54, 1.807) is 11.3 Å². The van der Waals surface area contributed by atoms with Gasteiger partial charge in [0.1, 0.15) is 5.01 Å². The number of benzene rings is 3. The number of nitrogens with one attached hydrogen (secondary N) is 1. The molecular weight excluding hydrogens is 388 g/mol. The standard InChI is InChI=1S/C23H19ClN2OS/c1-15-5-11-20-21(13-15)28-23(26-20)17-7-9-19(10-8-17)25-22(27)12-6-16-3-2-4-18(24)14-16/h2-5,7-11,13-14H,6,12H2,1H3,(H,25,27). The lowest BCUT2D eigenvalue weighted by atomic mass is 10.1. The van der Waals surface area contributed by atoms with E-state index in [-0.39, 0.29) is 5.91 Å². The topological polar surface area (TPSA) is 42.0 Å². The molecule has 1 aromatic heterocycles. The Morgan fingerprint density at radius 2 is 1.89 bits per heavy atom. The molecule has 1 heterocycles. The Morgan fingerprint density at radius 1 is 1.07 bits per heavy atom. The van der Waals surface area contributed by atoms with Crippen molar-refractivity contribution < 1.29 is 4.79 Å². The average molecular weight is 407 g/mol. The summed E-state index contributed by atoms with van der Waals surface area (Å²) in [6.45, 7) is 2.09. The zero-order valence-electron chi connectivity index (χ0n) is 15.4. The summed E-state index contributed by atoms with van der Waals surface area (Å²) < 4.78 is 1.19. The van der Waals surface area contributed by atoms with E-state index in [9.17, 15) is 4.79 Å². The van der Waals surface area contributed by atoms with Crippen molar-refractivity contribution in [3.63, 3.8) is 0 Å². The molecule has 28 heavy (non-hydrogen) atoms. The largest absolute Gasteiger partial charge is 0.326 e. The van der Waals surface area contributed by atoms with Crippen molar-refractivity contribution in [3.05, 3.63) is 82.9 Å². The molecule has 4 rings (SSSR count). The van der Waals surface area contributed by atoms with E-state index in [0.29, 0.717) is 17.9 Å². The Hall–Kier alpha value is -2.69. The first-order chi connectivity index (χ1) is 13.6. The fourth-order valence-corrected chi connectivity index (χ4v) is 4.31. The summed E-state index contributed by atoms with van der Waals surface area (Å²) in [6.07, 6.45) is 1.08. The lowest BCUT2D eigenvalue weighted by Gasteiger charge is -2.06. The lowest BCUT2D eigenvalue weighted by molar-refractivity contribution is -0.116. The first kappa shape index (κ1) is 18.7. The Kier molecular flexibility index (Phi) is 5.42. The summed E-state index contributed by atoms with van der Waals surface area (Å²) in [6, 6.07) is 21.7. The van der Waals surface area contributed by atoms with Gasteiger partial charge in [-0.15, -0.1) is 11.3 Å². The van der Waals surface area contributed by atoms with Crippen LogP contribution in [0.3, 0.4) is 0 Å². The predicted molar refractivity (Wildman–Crippen MR) is 118 cm³/mol. The maximum absolute atomic E-state index is 12.2. The van der Waals surface area contributed by atoms with Crippen molar-refractivity contribution >= 4 is 44.7 Å². The number of carbonyl (C=O) groups is 1. The highest BCUT2D eigenvalue weighted by atomic mass is 35.5. The maximum Gasteiger partial charge on any atom is 0.224 e. The van der Waals surface area contributed by atoms with Gasteiger partial charge in [0, 0.05) is 22.7 Å². The number of nitrogens with zero attached hydrogens (tertiary/aromatic N) is 1. The summed E-state index contributed by atoms with van der Waals surface area (Å²) in [5.41, 5.74) is 5.15. The Bertz CT molecular complexity index is 1140. The first-order valence-electron chi connectivity index (χ1n) is 9.09. The van der Waals surface area contributed by atoms with E-state index in [4.69, 9.17) is 16.6 Å². The van der Waals surface area contributed by atoms with Gasteiger partial charge in [-0.1, -0.05) is 29.8 Å². The molecule has 0 saturated carbocycles. The highest BCUT2D eigenvalue weighted by molar-refractivity contribution is 7.21. The van der Waals surface area contributed by atoms with Gasteiger partial charge in [0.2, 0.25) is 5.91 Å². The number of halogens is 1. The van der Waals surface area contributed by atoms with Crippen molar-refractivity contribution in [3.8, 4) is 10.6 Å². The third kappa shape index (κ3) is 4.41. The second kappa shape index (κ2) is 8.13. The van der Waals surface area contributed by atoms with Crippen molar-refractivity contribution in [1.29, 1.82) is 0 Å². The van der Waals surface area contributed by atoms with E-state index in [1.807, 2.05) is 48.5 Å². The molecule has 3 aromatic carbocycles. The van der Waals surface area contributed by atoms with Crippen LogP contribution in [-0.2, 0) is 11.2 Å². The van der Waals surface area contributed by atoms with Crippen LogP contribution in [0.2, 0.25) is 5.02 Å². The molecule has 0 radical (unpaired) electrons. The van der Waals surface area contributed by atoms with Gasteiger partial charge >= 0.3 is 0 Å². The molecule has 0 unspecified atom stereocenters. The molecule has 140 valence electrons. The fraction of sp³-hybridized carbons (Fsp3) is 0.130. The van der Waals surface area contributed by atoms with Gasteiger partial charge in [-0.3, -0.25) is 4.79 Å². The normalized spacial score (nSPS) is 10.9. The van der Waals surface area contributed by atoms with Crippen LogP contribution in [0.5, 0.6) is 0 Å². The third-order valence-corrected chi connectivity index (χ3v) is 5.79. The van der Waals surface area contributed by atoms with Crippen LogP contribution >= 0.6 is 22.9 Å². The monoisotopic (exact) mass is 406 g/mol. The van der Waals surface area contributed by atoms with E-state index in [2.05, 4.69) is 30.4 Å². The quantitative estimate of drug-likeness (QED) is 0.411. The molecule has 0 fully saturated rings. The van der Waals surface area contributed by atoms with E-state index in [0.717, 1.165) is 27.3 Å². The molecule has 0 aliphatic rings. The zero-order chi connectivity index (χ0) is 19.5. The predicted octanol–water partition coefficient (Wildman–Crippen LogP) is 6.50. The number of carbonyl (C=O) groups excluding carboxylic acids is 1. The van der Waals surface area contributed by atoms with Crippen LogP contribution in [0, 0.1) is 6.92 Å². The SMILES string of the molecule is Cc1ccc2nc(-c3ccc(NC(=O)CCc4cccc(Cl)c4)cc3)sc2c1. The van der Waals surface area contributed by atoms with Gasteiger partial charge in [-0.2, -0.15) is 0 Å². The summed E-state index contributed by atoms with van der Waals surface area (Å²) in [5.74, 6) is -0.0109. The maximum atomic E-state index is 12.2. The number of aromatic nitrogens is 1. The van der Waals surface area contributed by atoms with Crippen molar-refractivity contribution in [1.82, 2.24) is 4.98 Å². The summed E-state index contributed by atoms with van der Waals surface area (Å²) in [7, 11) is 0. The second-order valence-corrected chi connectivity index (χ2v) is 8.21. The van der Waals surface area contributed by atoms with Crippen LogP contribution in [0.4, 0.5) is 5.69 Å². The number of amides is 1. The fourth-order valence-electron chi connectivity index (χ4n) is 3.03. The highest BCUT2D eigenvalue weighted by Crippen LogP contribution is 2.31. The molecule has 0 saturated heterocycles. The number of thiazole rings is 1. The van der Waals surface area contributed by atoms with E-state index < -0.39 is 0 Å². The molecule has 1 amide bonds. The zero-order valence-corrected chi connectivity index (χ0v) is 17.0. The van der Waals surface area contributed by atoms with Gasteiger partial charge in [-0.05, 0) is 73.0 Å². The summed E-state index contributed by atoms with van der Waals surface area (Å²) >= 11 is 7.67. The first-order valence-corrected chi connectivity index (χ1v) is 10.3. The molecular formula is C23H19ClN2OS. The van der Waals surface area contributed by atoms with Gasteiger partial charge in [-0.25, -0.2) is 4.98 Å². The molecule has 5 heteroatoms. The summed E-state index contributed by atoms with van der Waals surface area (Å²) in [4.78, 5) is 16.9. The average Bonchev–Trinajstić information content (AvgIpc) is 3.10. The summed E-state index contributed by atoms with van der Waals surface area (Å²) in [5, 5.41) is 4.63. The minimum Gasteiger partial charge on any atom is -0.326 e. The second-order valence-electron chi connectivity index (χ2n) is 6.75. The van der Waals surface area contributed by atoms with Crippen molar-refractivity contribution in [2.75, 3.05) is 5.32 Å². The molecule has 0 bridgehead atoms. The number of hydrogen-bond acceptors (Lipinski definition) is 3. The Balaban J connectivity index is 1.40. The number of hydrogen-bond donors (Lipinski definition) is 1. The van der Waals surface area contributed by atoms with E-state index >= 15 is 0 Å². The number of anilines is 1. The number of rotatable bonds is 5. The minimum absolute atomic E-state index is 0.0109. The molecule has 4 aromatic rings. The molecule has 0 aliphatic heterocycles. The minimum atomic E-state index is -0.0109. The molecule has 0 atom stereocenters. The molecule has 0 spiro atoms. The highest BCUT2D eigenvalue weighted by Gasteiger charge is 2.08.